The molecular formula is C14H13BF3KO. The van der Waals surface area contributed by atoms with Crippen LogP contribution in [0.3, 0.4) is 0 Å². The Morgan fingerprint density at radius 3 is 2.10 bits per heavy atom. The fraction of sp³-hybridized carbons (Fsp3) is 0.143. The first-order valence-corrected chi connectivity index (χ1v) is 5.94. The molecule has 0 N–H and O–H groups in total. The minimum atomic E-state index is -4.94. The van der Waals surface area contributed by atoms with E-state index < -0.39 is 12.4 Å². The molecule has 100 valence electrons. The normalized spacial score (nSPS) is 10.8. The van der Waals surface area contributed by atoms with Crippen LogP contribution in [0.4, 0.5) is 12.9 Å². The van der Waals surface area contributed by atoms with E-state index in [4.69, 9.17) is 4.74 Å². The van der Waals surface area contributed by atoms with Crippen LogP contribution >= 0.6 is 0 Å². The maximum absolute atomic E-state index is 12.4. The molecule has 0 unspecified atom stereocenters. The molecule has 2 aromatic rings. The zero-order valence-electron chi connectivity index (χ0n) is 11.4. The minimum Gasteiger partial charge on any atom is -0.489 e. The van der Waals surface area contributed by atoms with E-state index in [1.165, 1.54) is 12.1 Å². The molecule has 0 aliphatic carbocycles. The fourth-order valence-electron chi connectivity index (χ4n) is 1.72. The van der Waals surface area contributed by atoms with E-state index in [2.05, 4.69) is 0 Å². The van der Waals surface area contributed by atoms with Crippen LogP contribution in [0, 0.1) is 6.92 Å². The molecule has 0 fully saturated rings. The summed E-state index contributed by atoms with van der Waals surface area (Å²) in [7, 11) is 0. The standard InChI is InChI=1S/C14H13BF3O.K/c1-11-4-2-3-5-12(11)10-19-14-8-6-13(7-9-14)15(16,17)18;/h2-9H,10H2,1H3;/q-1;+1. The van der Waals surface area contributed by atoms with Crippen LogP contribution in [0.2, 0.25) is 0 Å². The smallest absolute Gasteiger partial charge is 0.489 e. The number of aryl methyl sites for hydroxylation is 1. The number of halogens is 3. The third-order valence-corrected chi connectivity index (χ3v) is 2.91. The Morgan fingerprint density at radius 2 is 1.55 bits per heavy atom. The van der Waals surface area contributed by atoms with Crippen molar-refractivity contribution >= 4 is 12.4 Å². The van der Waals surface area contributed by atoms with E-state index in [0.29, 0.717) is 12.4 Å². The molecule has 0 aliphatic rings. The third-order valence-electron chi connectivity index (χ3n) is 2.91. The molecule has 0 spiro atoms. The molecule has 2 rings (SSSR count). The number of hydrogen-bond donors (Lipinski definition) is 0. The molecule has 0 radical (unpaired) electrons. The van der Waals surface area contributed by atoms with E-state index in [9.17, 15) is 12.9 Å². The molecule has 0 amide bonds. The molecule has 2 aromatic carbocycles. The summed E-state index contributed by atoms with van der Waals surface area (Å²) in [5.74, 6) is 0.437. The van der Waals surface area contributed by atoms with Gasteiger partial charge in [0.25, 0.3) is 0 Å². The molecule has 0 saturated carbocycles. The summed E-state index contributed by atoms with van der Waals surface area (Å²) in [6.07, 6.45) is 0. The van der Waals surface area contributed by atoms with Crippen molar-refractivity contribution in [2.75, 3.05) is 0 Å². The second kappa shape index (κ2) is 7.66. The number of benzene rings is 2. The molecule has 0 bridgehead atoms. The molecule has 6 heteroatoms. The van der Waals surface area contributed by atoms with Crippen LogP contribution in [0.15, 0.2) is 48.5 Å². The first kappa shape index (κ1) is 17.8. The molecule has 0 aliphatic heterocycles. The third kappa shape index (κ3) is 4.93. The fourth-order valence-corrected chi connectivity index (χ4v) is 1.72. The van der Waals surface area contributed by atoms with Crippen molar-refractivity contribution in [2.24, 2.45) is 0 Å². The van der Waals surface area contributed by atoms with Gasteiger partial charge in [0, 0.05) is 0 Å². The topological polar surface area (TPSA) is 9.23 Å². The van der Waals surface area contributed by atoms with E-state index in [-0.39, 0.29) is 51.4 Å². The number of rotatable bonds is 4. The van der Waals surface area contributed by atoms with Gasteiger partial charge in [-0.15, -0.1) is 5.46 Å². The first-order valence-electron chi connectivity index (χ1n) is 5.94. The summed E-state index contributed by atoms with van der Waals surface area (Å²) in [4.78, 5) is 0. The first-order chi connectivity index (χ1) is 8.97. The Hall–Kier alpha value is -0.269. The quantitative estimate of drug-likeness (QED) is 0.753. The average molecular weight is 304 g/mol. The van der Waals surface area contributed by atoms with Gasteiger partial charge in [-0.3, -0.25) is 0 Å². The molecule has 20 heavy (non-hydrogen) atoms. The molecule has 0 aromatic heterocycles. The van der Waals surface area contributed by atoms with Gasteiger partial charge in [-0.1, -0.05) is 36.4 Å². The van der Waals surface area contributed by atoms with Crippen molar-refractivity contribution < 1.29 is 69.1 Å². The van der Waals surface area contributed by atoms with Gasteiger partial charge in [0.1, 0.15) is 12.4 Å². The van der Waals surface area contributed by atoms with Crippen molar-refractivity contribution in [3.8, 4) is 5.75 Å². The summed E-state index contributed by atoms with van der Waals surface area (Å²) in [5.41, 5.74) is 1.51. The van der Waals surface area contributed by atoms with Gasteiger partial charge >= 0.3 is 58.4 Å². The van der Waals surface area contributed by atoms with Gasteiger partial charge in [0.2, 0.25) is 0 Å². The van der Waals surface area contributed by atoms with Crippen molar-refractivity contribution in [1.29, 1.82) is 0 Å². The van der Waals surface area contributed by atoms with Crippen LogP contribution in [-0.2, 0) is 6.61 Å². The predicted octanol–water partition coefficient (Wildman–Crippen LogP) is 0.632. The summed E-state index contributed by atoms with van der Waals surface area (Å²) < 4.78 is 42.8. The predicted molar refractivity (Wildman–Crippen MR) is 70.7 cm³/mol. The molecule has 1 nitrogen and oxygen atoms in total. The van der Waals surface area contributed by atoms with Crippen molar-refractivity contribution in [2.45, 2.75) is 13.5 Å². The zero-order valence-corrected chi connectivity index (χ0v) is 14.6. The molecular weight excluding hydrogens is 291 g/mol. The van der Waals surface area contributed by atoms with E-state index in [1.807, 2.05) is 31.2 Å². The maximum Gasteiger partial charge on any atom is 1.00 e. The second-order valence-corrected chi connectivity index (χ2v) is 4.36. The Morgan fingerprint density at radius 1 is 0.950 bits per heavy atom. The van der Waals surface area contributed by atoms with Gasteiger partial charge in [-0.2, -0.15) is 0 Å². The van der Waals surface area contributed by atoms with Crippen molar-refractivity contribution in [1.82, 2.24) is 0 Å². The van der Waals surface area contributed by atoms with E-state index >= 15 is 0 Å². The van der Waals surface area contributed by atoms with E-state index in [1.54, 1.807) is 0 Å². The summed E-state index contributed by atoms with van der Waals surface area (Å²) >= 11 is 0. The number of ether oxygens (including phenoxy) is 1. The van der Waals surface area contributed by atoms with Crippen molar-refractivity contribution in [3.05, 3.63) is 59.7 Å². The van der Waals surface area contributed by atoms with Crippen LogP contribution in [0.1, 0.15) is 11.1 Å². The Balaban J connectivity index is 0.00000200. The largest absolute Gasteiger partial charge is 1.00 e. The summed E-state index contributed by atoms with van der Waals surface area (Å²) in [6, 6.07) is 12.5. The van der Waals surface area contributed by atoms with Crippen LogP contribution in [0.25, 0.3) is 0 Å². The van der Waals surface area contributed by atoms with Gasteiger partial charge in [0.05, 0.1) is 0 Å². The summed E-state index contributed by atoms with van der Waals surface area (Å²) in [5, 5.41) is 0. The molecule has 0 atom stereocenters. The van der Waals surface area contributed by atoms with Gasteiger partial charge in [0.15, 0.2) is 0 Å². The Kier molecular flexibility index (Phi) is 6.81. The molecule has 0 heterocycles. The maximum atomic E-state index is 12.4. The molecule has 0 saturated heterocycles. The van der Waals surface area contributed by atoms with Gasteiger partial charge in [-0.25, -0.2) is 0 Å². The van der Waals surface area contributed by atoms with Gasteiger partial charge < -0.3 is 17.7 Å². The average Bonchev–Trinajstić information content (AvgIpc) is 2.37. The van der Waals surface area contributed by atoms with Gasteiger partial charge in [-0.05, 0) is 30.2 Å². The number of hydrogen-bond acceptors (Lipinski definition) is 1. The van der Waals surface area contributed by atoms with Crippen molar-refractivity contribution in [3.63, 3.8) is 0 Å². The monoisotopic (exact) mass is 304 g/mol. The Labute approximate surface area is 159 Å². The second-order valence-electron chi connectivity index (χ2n) is 4.36. The van der Waals surface area contributed by atoms with Crippen LogP contribution in [-0.4, -0.2) is 6.98 Å². The SMILES string of the molecule is Cc1ccccc1COc1ccc([B-](F)(F)F)cc1.[K+]. The van der Waals surface area contributed by atoms with Crippen LogP contribution in [0.5, 0.6) is 5.75 Å². The zero-order chi connectivity index (χ0) is 13.9. The van der Waals surface area contributed by atoms with Crippen LogP contribution < -0.4 is 61.6 Å². The Bertz CT molecular complexity index is 555. The summed E-state index contributed by atoms with van der Waals surface area (Å²) in [6.45, 7) is -2.62. The minimum absolute atomic E-state index is 0. The van der Waals surface area contributed by atoms with E-state index in [0.717, 1.165) is 23.3 Å².